The van der Waals surface area contributed by atoms with Crippen LogP contribution in [0.3, 0.4) is 0 Å². The average molecular weight is 462 g/mol. The Balaban J connectivity index is 0.00000392. The Kier molecular flexibility index (Phi) is 11.6. The van der Waals surface area contributed by atoms with Crippen LogP contribution in [0, 0.1) is 0 Å². The van der Waals surface area contributed by atoms with Crippen molar-refractivity contribution >= 4 is 27.2 Å². The van der Waals surface area contributed by atoms with Crippen molar-refractivity contribution in [1.82, 2.24) is 0 Å². The van der Waals surface area contributed by atoms with Gasteiger partial charge in [0, 0.05) is 6.42 Å². The molecule has 1 aromatic carbocycles. The van der Waals surface area contributed by atoms with Gasteiger partial charge in [0.05, 0.1) is 6.61 Å². The minimum absolute atomic E-state index is 0. The maximum Gasteiger partial charge on any atom is 1.00 e. The zero-order chi connectivity index (χ0) is 20.0. The van der Waals surface area contributed by atoms with Crippen molar-refractivity contribution in [2.45, 2.75) is 42.7 Å². The fourth-order valence-electron chi connectivity index (χ4n) is 2.41. The first-order chi connectivity index (χ1) is 12.7. The average Bonchev–Trinajstić information content (AvgIpc) is 2.64. The standard InChI is InChI=1S/C15H21NO9S2.K/c17-8-10-12(18)13(19)14(20)15(24-10)26-11(16-25-27(21,22)23)7-6-9-4-2-1-3-5-9;/h1-5,10,12-15,17-20H,6-8H2,(H,21,22,23);/q;+1/p-1/b16-11-;. The smallest absolute Gasteiger partial charge is 0.714 e. The van der Waals surface area contributed by atoms with Crippen LogP contribution < -0.4 is 51.4 Å². The Labute approximate surface area is 209 Å². The normalized spacial score (nSPS) is 28.5. The fraction of sp³-hybridized carbons (Fsp3) is 0.533. The van der Waals surface area contributed by atoms with Crippen LogP contribution >= 0.6 is 11.8 Å². The molecule has 1 fully saturated rings. The van der Waals surface area contributed by atoms with Gasteiger partial charge in [0.25, 0.3) is 10.4 Å². The van der Waals surface area contributed by atoms with E-state index < -0.39 is 46.9 Å². The molecule has 2 rings (SSSR count). The first-order valence-corrected chi connectivity index (χ1v) is 10.1. The van der Waals surface area contributed by atoms with Gasteiger partial charge < -0.3 is 29.7 Å². The van der Waals surface area contributed by atoms with Gasteiger partial charge in [-0.2, -0.15) is 8.42 Å². The van der Waals surface area contributed by atoms with Gasteiger partial charge in [0.15, 0.2) is 0 Å². The molecule has 1 heterocycles. The van der Waals surface area contributed by atoms with E-state index in [1.54, 1.807) is 0 Å². The summed E-state index contributed by atoms with van der Waals surface area (Å²) < 4.78 is 41.3. The van der Waals surface area contributed by atoms with E-state index in [1.165, 1.54) is 0 Å². The van der Waals surface area contributed by atoms with Crippen molar-refractivity contribution in [2.24, 2.45) is 5.16 Å². The quantitative estimate of drug-likeness (QED) is 0.0783. The minimum atomic E-state index is -5.07. The number of hydrogen-bond donors (Lipinski definition) is 4. The van der Waals surface area contributed by atoms with Crippen LogP contribution in [0.5, 0.6) is 0 Å². The number of thioether (sulfide) groups is 1. The van der Waals surface area contributed by atoms with E-state index in [-0.39, 0.29) is 62.8 Å². The molecule has 1 saturated heterocycles. The molecule has 0 saturated carbocycles. The van der Waals surface area contributed by atoms with Crippen LogP contribution in [0.15, 0.2) is 35.5 Å². The number of aliphatic hydroxyl groups excluding tert-OH is 4. The Bertz CT molecular complexity index is 732. The van der Waals surface area contributed by atoms with Gasteiger partial charge in [0.2, 0.25) is 0 Å². The number of rotatable bonds is 7. The molecule has 5 unspecified atom stereocenters. The van der Waals surface area contributed by atoms with Gasteiger partial charge >= 0.3 is 51.4 Å². The molecular formula is C15H20KNO9S2. The van der Waals surface area contributed by atoms with Crippen molar-refractivity contribution in [2.75, 3.05) is 6.61 Å². The van der Waals surface area contributed by atoms with E-state index in [2.05, 4.69) is 9.44 Å². The maximum absolute atomic E-state index is 10.7. The summed E-state index contributed by atoms with van der Waals surface area (Å²) in [4.78, 5) is 0. The molecule has 5 atom stereocenters. The molecule has 0 aromatic heterocycles. The van der Waals surface area contributed by atoms with Crippen LogP contribution in [0.2, 0.25) is 0 Å². The van der Waals surface area contributed by atoms with E-state index in [0.29, 0.717) is 6.42 Å². The van der Waals surface area contributed by atoms with Gasteiger partial charge in [-0.25, -0.2) is 0 Å². The number of oxime groups is 1. The second-order valence-corrected chi connectivity index (χ2v) is 7.91. The first kappa shape index (κ1) is 26.4. The zero-order valence-electron chi connectivity index (χ0n) is 15.0. The molecule has 1 aliphatic heterocycles. The third kappa shape index (κ3) is 8.26. The van der Waals surface area contributed by atoms with Crippen LogP contribution in [-0.4, -0.2) is 74.9 Å². The van der Waals surface area contributed by atoms with E-state index in [1.807, 2.05) is 30.3 Å². The summed E-state index contributed by atoms with van der Waals surface area (Å²) in [6.45, 7) is -0.607. The topological polar surface area (TPSA) is 169 Å². The van der Waals surface area contributed by atoms with Crippen LogP contribution in [0.25, 0.3) is 0 Å². The van der Waals surface area contributed by atoms with Gasteiger partial charge in [0.1, 0.15) is 34.9 Å². The second-order valence-electron chi connectivity index (χ2n) is 5.77. The number of ether oxygens (including phenoxy) is 1. The van der Waals surface area contributed by atoms with Gasteiger partial charge in [-0.3, -0.25) is 4.28 Å². The van der Waals surface area contributed by atoms with Crippen LogP contribution in [0.4, 0.5) is 0 Å². The third-order valence-electron chi connectivity index (χ3n) is 3.80. The molecule has 1 aliphatic rings. The predicted octanol–water partition coefficient (Wildman–Crippen LogP) is -4.05. The van der Waals surface area contributed by atoms with E-state index in [4.69, 9.17) is 4.74 Å². The monoisotopic (exact) mass is 461 g/mol. The third-order valence-corrected chi connectivity index (χ3v) is 5.23. The summed E-state index contributed by atoms with van der Waals surface area (Å²) in [6, 6.07) is 9.13. The minimum Gasteiger partial charge on any atom is -0.714 e. The summed E-state index contributed by atoms with van der Waals surface area (Å²) in [7, 11) is -5.07. The maximum atomic E-state index is 10.7. The molecule has 0 spiro atoms. The van der Waals surface area contributed by atoms with Gasteiger partial charge in [-0.1, -0.05) is 47.2 Å². The molecule has 1 aromatic rings. The molecule has 4 N–H and O–H groups in total. The van der Waals surface area contributed by atoms with Crippen molar-refractivity contribution in [3.05, 3.63) is 35.9 Å². The molecule has 152 valence electrons. The van der Waals surface area contributed by atoms with Crippen LogP contribution in [0.1, 0.15) is 12.0 Å². The van der Waals surface area contributed by atoms with Gasteiger partial charge in [-0.15, -0.1) is 0 Å². The predicted molar refractivity (Wildman–Crippen MR) is 94.3 cm³/mol. The number of hydrogen-bond acceptors (Lipinski definition) is 11. The molecule has 0 amide bonds. The Morgan fingerprint density at radius 1 is 1.18 bits per heavy atom. The molecule has 10 nitrogen and oxygen atoms in total. The van der Waals surface area contributed by atoms with Crippen molar-refractivity contribution in [1.29, 1.82) is 0 Å². The summed E-state index contributed by atoms with van der Waals surface area (Å²) in [5, 5.41) is 42.2. The summed E-state index contributed by atoms with van der Waals surface area (Å²) in [5.74, 6) is 0. The fourth-order valence-corrected chi connectivity index (χ4v) is 3.70. The Morgan fingerprint density at radius 2 is 1.82 bits per heavy atom. The van der Waals surface area contributed by atoms with Crippen molar-refractivity contribution in [3.63, 3.8) is 0 Å². The number of aliphatic hydroxyl groups is 4. The Morgan fingerprint density at radius 3 is 2.39 bits per heavy atom. The second kappa shape index (κ2) is 12.3. The summed E-state index contributed by atoms with van der Waals surface area (Å²) >= 11 is 0.726. The SMILES string of the molecule is O=S(=O)([O-])O/N=C(/CCc1ccccc1)SC1OC(CO)C(O)C(O)C1O.[K+]. The van der Waals surface area contributed by atoms with E-state index in [0.717, 1.165) is 17.3 Å². The molecule has 13 heteroatoms. The van der Waals surface area contributed by atoms with E-state index >= 15 is 0 Å². The molecular weight excluding hydrogens is 441 g/mol. The molecule has 28 heavy (non-hydrogen) atoms. The van der Waals surface area contributed by atoms with Crippen molar-refractivity contribution < 1.29 is 93.8 Å². The summed E-state index contributed by atoms with van der Waals surface area (Å²) in [5.41, 5.74) is -0.266. The first-order valence-electron chi connectivity index (χ1n) is 7.93. The van der Waals surface area contributed by atoms with E-state index in [9.17, 15) is 33.4 Å². The number of nitrogens with zero attached hydrogens (tertiary/aromatic N) is 1. The van der Waals surface area contributed by atoms with Gasteiger partial charge in [-0.05, 0) is 12.0 Å². The van der Waals surface area contributed by atoms with Crippen molar-refractivity contribution in [3.8, 4) is 0 Å². The van der Waals surface area contributed by atoms with Crippen LogP contribution in [-0.2, 0) is 25.8 Å². The zero-order valence-corrected chi connectivity index (χ0v) is 19.7. The number of aryl methyl sites for hydroxylation is 1. The Hall–Kier alpha value is 0.386. The molecule has 0 bridgehead atoms. The molecule has 0 aliphatic carbocycles. The summed E-state index contributed by atoms with van der Waals surface area (Å²) in [6.07, 6.45) is -5.21. The largest absolute Gasteiger partial charge is 1.00 e. The molecule has 0 radical (unpaired) electrons. The number of benzene rings is 1.